The fourth-order valence-electron chi connectivity index (χ4n) is 4.22. The Balaban J connectivity index is 1.69. The normalized spacial score (nSPS) is 21.1. The van der Waals surface area contributed by atoms with Crippen LogP contribution in [-0.4, -0.2) is 45.2 Å². The molecule has 5 rings (SSSR count). The Morgan fingerprint density at radius 2 is 2.24 bits per heavy atom. The first-order chi connectivity index (χ1) is 12.2. The van der Waals surface area contributed by atoms with Gasteiger partial charge in [-0.3, -0.25) is 9.89 Å². The minimum absolute atomic E-state index is 0.0105. The van der Waals surface area contributed by atoms with E-state index in [-0.39, 0.29) is 5.56 Å². The van der Waals surface area contributed by atoms with Gasteiger partial charge in [0.05, 0.1) is 11.2 Å². The van der Waals surface area contributed by atoms with Crippen LogP contribution in [0.3, 0.4) is 0 Å². The van der Waals surface area contributed by atoms with Crippen molar-refractivity contribution in [3.05, 3.63) is 33.6 Å². The van der Waals surface area contributed by atoms with Gasteiger partial charge in [0, 0.05) is 29.1 Å². The third-order valence-electron chi connectivity index (χ3n) is 5.47. The molecule has 0 unspecified atom stereocenters. The second-order valence-corrected chi connectivity index (χ2v) is 8.26. The van der Waals surface area contributed by atoms with Crippen LogP contribution in [0.4, 0.5) is 0 Å². The summed E-state index contributed by atoms with van der Waals surface area (Å²) in [6, 6.07) is 0. The molecule has 1 saturated heterocycles. The Bertz CT molecular complexity index is 1000. The predicted molar refractivity (Wildman–Crippen MR) is 99.3 cm³/mol. The molecule has 1 aliphatic carbocycles. The van der Waals surface area contributed by atoms with Crippen LogP contribution in [0, 0.1) is 0 Å². The third-order valence-corrected chi connectivity index (χ3v) is 6.73. The number of rotatable bonds is 1. The highest BCUT2D eigenvalue weighted by Crippen LogP contribution is 2.41. The van der Waals surface area contributed by atoms with Crippen LogP contribution in [-0.2, 0) is 12.8 Å². The van der Waals surface area contributed by atoms with Crippen molar-refractivity contribution in [2.24, 2.45) is 0 Å². The van der Waals surface area contributed by atoms with Gasteiger partial charge in [-0.2, -0.15) is 5.10 Å². The molecular weight excluding hydrogens is 334 g/mol. The third kappa shape index (κ3) is 2.45. The van der Waals surface area contributed by atoms with E-state index in [4.69, 9.17) is 4.98 Å². The van der Waals surface area contributed by atoms with E-state index in [2.05, 4.69) is 27.1 Å². The van der Waals surface area contributed by atoms with Crippen LogP contribution < -0.4 is 5.56 Å². The maximum atomic E-state index is 12.8. The number of likely N-dealkylation sites (tertiary alicyclic amines) is 1. The van der Waals surface area contributed by atoms with Gasteiger partial charge in [-0.05, 0) is 51.3 Å². The largest absolute Gasteiger partial charge is 0.309 e. The van der Waals surface area contributed by atoms with Gasteiger partial charge in [0.15, 0.2) is 0 Å². The standard InChI is InChI=1S/C18H21N5OS/c1-23-7-3-4-10(9-23)17-20-14-11-5-2-6-13-12(8-19-22-13)15(11)25-16(14)18(24)21-17/h8,10H,2-7,9H2,1H3,(H,19,22)(H,20,21,24)/t10-/m0/s1. The highest BCUT2D eigenvalue weighted by atomic mass is 32.1. The molecule has 3 aromatic heterocycles. The van der Waals surface area contributed by atoms with E-state index in [1.807, 2.05) is 6.20 Å². The summed E-state index contributed by atoms with van der Waals surface area (Å²) in [5.41, 5.74) is 4.42. The molecule has 4 heterocycles. The van der Waals surface area contributed by atoms with Crippen LogP contribution in [0.2, 0.25) is 0 Å². The van der Waals surface area contributed by atoms with Gasteiger partial charge in [0.2, 0.25) is 0 Å². The number of hydrogen-bond donors (Lipinski definition) is 2. The van der Waals surface area contributed by atoms with E-state index in [9.17, 15) is 4.79 Å². The lowest BCUT2D eigenvalue weighted by Crippen LogP contribution is -2.32. The van der Waals surface area contributed by atoms with Gasteiger partial charge in [0.1, 0.15) is 10.5 Å². The molecule has 0 amide bonds. The van der Waals surface area contributed by atoms with E-state index in [1.54, 1.807) is 11.3 Å². The quantitative estimate of drug-likeness (QED) is 0.703. The zero-order valence-electron chi connectivity index (χ0n) is 14.3. The Hall–Kier alpha value is -1.99. The molecule has 0 bridgehead atoms. The minimum Gasteiger partial charge on any atom is -0.309 e. The van der Waals surface area contributed by atoms with Crippen molar-refractivity contribution in [1.29, 1.82) is 0 Å². The zero-order valence-corrected chi connectivity index (χ0v) is 15.1. The maximum absolute atomic E-state index is 12.8. The second kappa shape index (κ2) is 5.78. The zero-order chi connectivity index (χ0) is 17.0. The molecule has 0 aromatic carbocycles. The number of nitrogens with one attached hydrogen (secondary N) is 2. The van der Waals surface area contributed by atoms with Crippen molar-refractivity contribution < 1.29 is 0 Å². The molecule has 1 fully saturated rings. The monoisotopic (exact) mass is 355 g/mol. The van der Waals surface area contributed by atoms with Crippen molar-refractivity contribution in [2.75, 3.05) is 20.1 Å². The molecule has 1 atom stereocenters. The Morgan fingerprint density at radius 1 is 1.32 bits per heavy atom. The number of H-pyrrole nitrogens is 2. The number of thiophene rings is 1. The highest BCUT2D eigenvalue weighted by Gasteiger charge is 2.26. The number of aryl methyl sites for hydroxylation is 2. The summed E-state index contributed by atoms with van der Waals surface area (Å²) >= 11 is 1.57. The number of fused-ring (bicyclic) bond motifs is 5. The average Bonchev–Trinajstić information content (AvgIpc) is 3.16. The molecule has 0 spiro atoms. The molecule has 0 radical (unpaired) electrons. The molecule has 130 valence electrons. The number of piperidine rings is 1. The smallest absolute Gasteiger partial charge is 0.268 e. The van der Waals surface area contributed by atoms with Crippen LogP contribution in [0.5, 0.6) is 0 Å². The van der Waals surface area contributed by atoms with Gasteiger partial charge in [-0.15, -0.1) is 11.3 Å². The summed E-state index contributed by atoms with van der Waals surface area (Å²) in [6.07, 6.45) is 7.20. The second-order valence-electron chi connectivity index (χ2n) is 7.24. The van der Waals surface area contributed by atoms with E-state index in [0.29, 0.717) is 5.92 Å². The SMILES string of the molecule is CN1CCC[C@H](c2nc3c4c(sc3c(=O)[nH]2)-c2c[nH]nc2CCC4)C1. The molecular formula is C18H21N5OS. The van der Waals surface area contributed by atoms with Gasteiger partial charge >= 0.3 is 0 Å². The van der Waals surface area contributed by atoms with Crippen LogP contribution >= 0.6 is 11.3 Å². The molecule has 2 aliphatic rings. The molecule has 2 N–H and O–H groups in total. The summed E-state index contributed by atoms with van der Waals surface area (Å²) in [5, 5.41) is 7.36. The number of hydrogen-bond acceptors (Lipinski definition) is 5. The van der Waals surface area contributed by atoms with Gasteiger partial charge < -0.3 is 9.88 Å². The van der Waals surface area contributed by atoms with Gasteiger partial charge in [-0.1, -0.05) is 0 Å². The average molecular weight is 355 g/mol. The van der Waals surface area contributed by atoms with Crippen molar-refractivity contribution in [3.8, 4) is 10.4 Å². The van der Waals surface area contributed by atoms with E-state index in [1.165, 1.54) is 10.4 Å². The highest BCUT2D eigenvalue weighted by molar-refractivity contribution is 7.22. The first-order valence-corrected chi connectivity index (χ1v) is 9.79. The fourth-order valence-corrected chi connectivity index (χ4v) is 5.44. The molecule has 6 nitrogen and oxygen atoms in total. The lowest BCUT2D eigenvalue weighted by atomic mass is 9.97. The van der Waals surface area contributed by atoms with E-state index >= 15 is 0 Å². The lowest BCUT2D eigenvalue weighted by Gasteiger charge is -2.28. The number of aromatic amines is 2. The van der Waals surface area contributed by atoms with E-state index < -0.39 is 0 Å². The van der Waals surface area contributed by atoms with Crippen LogP contribution in [0.25, 0.3) is 20.7 Å². The molecule has 7 heteroatoms. The molecule has 3 aromatic rings. The maximum Gasteiger partial charge on any atom is 0.268 e. The first-order valence-electron chi connectivity index (χ1n) is 8.98. The summed E-state index contributed by atoms with van der Waals surface area (Å²) in [5.74, 6) is 1.18. The van der Waals surface area contributed by atoms with Crippen molar-refractivity contribution in [1.82, 2.24) is 25.1 Å². The minimum atomic E-state index is 0.0105. The van der Waals surface area contributed by atoms with E-state index in [0.717, 1.165) is 72.5 Å². The van der Waals surface area contributed by atoms with Gasteiger partial charge in [-0.25, -0.2) is 4.98 Å². The number of nitrogens with zero attached hydrogens (tertiary/aromatic N) is 3. The first kappa shape index (κ1) is 15.3. The molecule has 0 saturated carbocycles. The molecule has 1 aliphatic heterocycles. The fraction of sp³-hybridized carbons (Fsp3) is 0.500. The van der Waals surface area contributed by atoms with Crippen LogP contribution in [0.1, 0.15) is 42.3 Å². The predicted octanol–water partition coefficient (Wildman–Crippen LogP) is 2.67. The molecule has 25 heavy (non-hydrogen) atoms. The Labute approximate surface area is 149 Å². The number of aromatic nitrogens is 4. The van der Waals surface area contributed by atoms with Gasteiger partial charge in [0.25, 0.3) is 5.56 Å². The van der Waals surface area contributed by atoms with Crippen molar-refractivity contribution in [3.63, 3.8) is 0 Å². The topological polar surface area (TPSA) is 77.7 Å². The Kier molecular flexibility index (Phi) is 3.53. The summed E-state index contributed by atoms with van der Waals surface area (Å²) in [4.78, 5) is 24.3. The van der Waals surface area contributed by atoms with Crippen molar-refractivity contribution >= 4 is 21.6 Å². The number of likely N-dealkylation sites (N-methyl/N-ethyl adjacent to an activating group) is 1. The van der Waals surface area contributed by atoms with Crippen LogP contribution in [0.15, 0.2) is 11.0 Å². The Morgan fingerprint density at radius 3 is 3.12 bits per heavy atom. The lowest BCUT2D eigenvalue weighted by molar-refractivity contribution is 0.246. The van der Waals surface area contributed by atoms with Crippen molar-refractivity contribution in [2.45, 2.75) is 38.0 Å². The summed E-state index contributed by atoms with van der Waals surface area (Å²) in [6.45, 7) is 2.09. The summed E-state index contributed by atoms with van der Waals surface area (Å²) in [7, 11) is 2.14. The summed E-state index contributed by atoms with van der Waals surface area (Å²) < 4.78 is 0.756.